The van der Waals surface area contributed by atoms with Crippen LogP contribution in [0.1, 0.15) is 27.0 Å². The first-order chi connectivity index (χ1) is 15.1. The van der Waals surface area contributed by atoms with Crippen molar-refractivity contribution in [3.8, 4) is 17.1 Å². The lowest BCUT2D eigenvalue weighted by Gasteiger charge is -2.14. The average Bonchev–Trinajstić information content (AvgIpc) is 3.21. The SMILES string of the molecule is COC(=O)c1ccccc1CSc1nnc(-c2ccccc2C)n1-c1ccccc1C. The van der Waals surface area contributed by atoms with Gasteiger partial charge in [-0.15, -0.1) is 10.2 Å². The molecule has 0 bridgehead atoms. The Bertz CT molecular complexity index is 1230. The molecule has 0 aliphatic rings. The van der Waals surface area contributed by atoms with E-state index in [2.05, 4.69) is 52.9 Å². The van der Waals surface area contributed by atoms with Crippen LogP contribution in [0.5, 0.6) is 0 Å². The molecule has 0 aliphatic carbocycles. The summed E-state index contributed by atoms with van der Waals surface area (Å²) >= 11 is 1.55. The molecule has 0 saturated heterocycles. The fourth-order valence-corrected chi connectivity index (χ4v) is 4.44. The van der Waals surface area contributed by atoms with Crippen molar-refractivity contribution >= 4 is 17.7 Å². The van der Waals surface area contributed by atoms with Gasteiger partial charge in [-0.3, -0.25) is 4.57 Å². The second-order valence-electron chi connectivity index (χ2n) is 7.18. The highest BCUT2D eigenvalue weighted by atomic mass is 32.2. The molecule has 5 nitrogen and oxygen atoms in total. The molecule has 6 heteroatoms. The number of esters is 1. The minimum Gasteiger partial charge on any atom is -0.465 e. The molecule has 0 amide bonds. The molecular formula is C25H23N3O2S. The van der Waals surface area contributed by atoms with Crippen LogP contribution in [0.25, 0.3) is 17.1 Å². The van der Waals surface area contributed by atoms with E-state index in [1.165, 1.54) is 7.11 Å². The van der Waals surface area contributed by atoms with Crippen molar-refractivity contribution in [3.63, 3.8) is 0 Å². The third-order valence-electron chi connectivity index (χ3n) is 5.16. The van der Waals surface area contributed by atoms with Gasteiger partial charge in [-0.1, -0.05) is 72.4 Å². The molecule has 156 valence electrons. The monoisotopic (exact) mass is 429 g/mol. The Hall–Kier alpha value is -3.38. The standard InChI is InChI=1S/C25H23N3O2S/c1-17-10-4-7-13-20(17)23-26-27-25(28(23)22-15-9-5-11-18(22)2)31-16-19-12-6-8-14-21(19)24(29)30-3/h4-15H,16H2,1-3H3. The van der Waals surface area contributed by atoms with E-state index in [0.717, 1.165) is 38.9 Å². The van der Waals surface area contributed by atoms with Crippen LogP contribution in [0.3, 0.4) is 0 Å². The van der Waals surface area contributed by atoms with E-state index in [4.69, 9.17) is 4.74 Å². The molecule has 1 heterocycles. The largest absolute Gasteiger partial charge is 0.465 e. The molecule has 0 spiro atoms. The van der Waals surface area contributed by atoms with E-state index in [0.29, 0.717) is 11.3 Å². The number of methoxy groups -OCH3 is 1. The van der Waals surface area contributed by atoms with Crippen molar-refractivity contribution in [3.05, 3.63) is 95.1 Å². The zero-order chi connectivity index (χ0) is 21.8. The molecule has 0 unspecified atom stereocenters. The summed E-state index contributed by atoms with van der Waals surface area (Å²) in [4.78, 5) is 12.1. The summed E-state index contributed by atoms with van der Waals surface area (Å²) in [6, 6.07) is 23.9. The van der Waals surface area contributed by atoms with Gasteiger partial charge >= 0.3 is 5.97 Å². The summed E-state index contributed by atoms with van der Waals surface area (Å²) < 4.78 is 7.03. The Morgan fingerprint density at radius 1 is 0.903 bits per heavy atom. The number of carbonyl (C=O) groups is 1. The Labute approximate surface area is 186 Å². The molecule has 4 rings (SSSR count). The third kappa shape index (κ3) is 4.25. The first-order valence-electron chi connectivity index (χ1n) is 9.96. The Morgan fingerprint density at radius 2 is 1.58 bits per heavy atom. The fraction of sp³-hybridized carbons (Fsp3) is 0.160. The highest BCUT2D eigenvalue weighted by molar-refractivity contribution is 7.98. The van der Waals surface area contributed by atoms with Crippen molar-refractivity contribution in [2.75, 3.05) is 7.11 Å². The summed E-state index contributed by atoms with van der Waals surface area (Å²) in [7, 11) is 1.40. The molecule has 0 radical (unpaired) electrons. The van der Waals surface area contributed by atoms with Gasteiger partial charge in [-0.25, -0.2) is 4.79 Å². The number of aromatic nitrogens is 3. The fourth-order valence-electron chi connectivity index (χ4n) is 3.49. The lowest BCUT2D eigenvalue weighted by atomic mass is 10.1. The predicted molar refractivity (Wildman–Crippen MR) is 124 cm³/mol. The molecular weight excluding hydrogens is 406 g/mol. The third-order valence-corrected chi connectivity index (χ3v) is 6.13. The van der Waals surface area contributed by atoms with Gasteiger partial charge in [0, 0.05) is 11.3 Å². The van der Waals surface area contributed by atoms with Gasteiger partial charge in [-0.05, 0) is 42.7 Å². The van der Waals surface area contributed by atoms with Crippen LogP contribution >= 0.6 is 11.8 Å². The minimum absolute atomic E-state index is 0.336. The van der Waals surface area contributed by atoms with E-state index < -0.39 is 0 Å². The smallest absolute Gasteiger partial charge is 0.338 e. The molecule has 0 aliphatic heterocycles. The van der Waals surface area contributed by atoms with Crippen LogP contribution < -0.4 is 0 Å². The maximum atomic E-state index is 12.1. The topological polar surface area (TPSA) is 57.0 Å². The molecule has 0 saturated carbocycles. The molecule has 4 aromatic rings. The van der Waals surface area contributed by atoms with Crippen LogP contribution in [-0.4, -0.2) is 27.8 Å². The van der Waals surface area contributed by atoms with Crippen molar-refractivity contribution < 1.29 is 9.53 Å². The van der Waals surface area contributed by atoms with Crippen molar-refractivity contribution in [1.29, 1.82) is 0 Å². The summed E-state index contributed by atoms with van der Waals surface area (Å²) in [5, 5.41) is 9.84. The quantitative estimate of drug-likeness (QED) is 0.294. The zero-order valence-corrected chi connectivity index (χ0v) is 18.5. The number of nitrogens with zero attached hydrogens (tertiary/aromatic N) is 3. The number of ether oxygens (including phenoxy) is 1. The van der Waals surface area contributed by atoms with Gasteiger partial charge in [0.15, 0.2) is 11.0 Å². The van der Waals surface area contributed by atoms with Crippen molar-refractivity contribution in [1.82, 2.24) is 14.8 Å². The van der Waals surface area contributed by atoms with Crippen molar-refractivity contribution in [2.45, 2.75) is 24.8 Å². The van der Waals surface area contributed by atoms with E-state index in [-0.39, 0.29) is 5.97 Å². The number of rotatable bonds is 6. The first kappa shape index (κ1) is 20.9. The molecule has 3 aromatic carbocycles. The van der Waals surface area contributed by atoms with E-state index in [1.54, 1.807) is 17.8 Å². The van der Waals surface area contributed by atoms with Crippen molar-refractivity contribution in [2.24, 2.45) is 0 Å². The Balaban J connectivity index is 1.77. The molecule has 0 atom stereocenters. The van der Waals surface area contributed by atoms with E-state index in [1.807, 2.05) is 42.5 Å². The van der Waals surface area contributed by atoms with Crippen LogP contribution in [-0.2, 0) is 10.5 Å². The van der Waals surface area contributed by atoms with Gasteiger partial charge in [0.2, 0.25) is 0 Å². The summed E-state index contributed by atoms with van der Waals surface area (Å²) in [6.07, 6.45) is 0. The summed E-state index contributed by atoms with van der Waals surface area (Å²) in [5.74, 6) is 1.04. The molecule has 1 aromatic heterocycles. The molecule has 0 N–H and O–H groups in total. The number of hydrogen-bond acceptors (Lipinski definition) is 5. The molecule has 0 fully saturated rings. The number of para-hydroxylation sites is 1. The van der Waals surface area contributed by atoms with Gasteiger partial charge in [-0.2, -0.15) is 0 Å². The zero-order valence-electron chi connectivity index (χ0n) is 17.7. The Morgan fingerprint density at radius 3 is 2.32 bits per heavy atom. The van der Waals surface area contributed by atoms with Crippen LogP contribution in [0, 0.1) is 13.8 Å². The highest BCUT2D eigenvalue weighted by Crippen LogP contribution is 2.32. The number of carbonyl (C=O) groups excluding carboxylic acids is 1. The second kappa shape index (κ2) is 9.18. The highest BCUT2D eigenvalue weighted by Gasteiger charge is 2.19. The average molecular weight is 430 g/mol. The van der Waals surface area contributed by atoms with Gasteiger partial charge < -0.3 is 4.74 Å². The van der Waals surface area contributed by atoms with Gasteiger partial charge in [0.1, 0.15) is 0 Å². The minimum atomic E-state index is -0.336. The van der Waals surface area contributed by atoms with Crippen LogP contribution in [0.15, 0.2) is 78.0 Å². The maximum absolute atomic E-state index is 12.1. The van der Waals surface area contributed by atoms with Crippen LogP contribution in [0.2, 0.25) is 0 Å². The Kier molecular flexibility index (Phi) is 6.18. The van der Waals surface area contributed by atoms with E-state index in [9.17, 15) is 4.79 Å². The van der Waals surface area contributed by atoms with Crippen LogP contribution in [0.4, 0.5) is 0 Å². The number of thioether (sulfide) groups is 1. The number of hydrogen-bond donors (Lipinski definition) is 0. The summed E-state index contributed by atoms with van der Waals surface area (Å²) in [6.45, 7) is 4.16. The predicted octanol–water partition coefficient (Wildman–Crippen LogP) is 5.63. The number of benzene rings is 3. The van der Waals surface area contributed by atoms with Gasteiger partial charge in [0.25, 0.3) is 0 Å². The normalized spacial score (nSPS) is 10.8. The second-order valence-corrected chi connectivity index (χ2v) is 8.12. The lowest BCUT2D eigenvalue weighted by Crippen LogP contribution is -2.05. The van der Waals surface area contributed by atoms with Gasteiger partial charge in [0.05, 0.1) is 18.4 Å². The first-order valence-corrected chi connectivity index (χ1v) is 10.9. The van der Waals surface area contributed by atoms with E-state index >= 15 is 0 Å². The lowest BCUT2D eigenvalue weighted by molar-refractivity contribution is 0.0600. The maximum Gasteiger partial charge on any atom is 0.338 e. The summed E-state index contributed by atoms with van der Waals surface area (Å²) in [5.41, 5.74) is 5.82. The molecule has 31 heavy (non-hydrogen) atoms. The number of aryl methyl sites for hydroxylation is 2.